The zero-order chi connectivity index (χ0) is 17.6. The predicted octanol–water partition coefficient (Wildman–Crippen LogP) is 3.13. The summed E-state index contributed by atoms with van der Waals surface area (Å²) in [7, 11) is 0. The van der Waals surface area contributed by atoms with Crippen molar-refractivity contribution in [1.29, 1.82) is 0 Å². The highest BCUT2D eigenvalue weighted by Crippen LogP contribution is 2.26. The van der Waals surface area contributed by atoms with E-state index in [0.717, 1.165) is 6.54 Å². The van der Waals surface area contributed by atoms with Gasteiger partial charge in [0.2, 0.25) is 0 Å². The van der Waals surface area contributed by atoms with Gasteiger partial charge in [-0.2, -0.15) is 0 Å². The number of rotatable bonds is 7. The van der Waals surface area contributed by atoms with Crippen molar-refractivity contribution >= 4 is 6.09 Å². The van der Waals surface area contributed by atoms with Crippen molar-refractivity contribution in [2.24, 2.45) is 11.7 Å². The molecular formula is C18H37N3O2. The third kappa shape index (κ3) is 7.08. The number of alkyl carbamates (subject to hydrolysis) is 1. The first-order valence-corrected chi connectivity index (χ1v) is 9.09. The summed E-state index contributed by atoms with van der Waals surface area (Å²) in [6.07, 6.45) is 4.71. The van der Waals surface area contributed by atoms with Crippen molar-refractivity contribution in [3.63, 3.8) is 0 Å². The Labute approximate surface area is 142 Å². The van der Waals surface area contributed by atoms with Crippen LogP contribution in [0.2, 0.25) is 0 Å². The summed E-state index contributed by atoms with van der Waals surface area (Å²) < 4.78 is 5.38. The van der Waals surface area contributed by atoms with Crippen LogP contribution in [0.25, 0.3) is 0 Å². The van der Waals surface area contributed by atoms with E-state index >= 15 is 0 Å². The minimum atomic E-state index is -0.481. The van der Waals surface area contributed by atoms with Crippen molar-refractivity contribution in [2.75, 3.05) is 13.1 Å². The summed E-state index contributed by atoms with van der Waals surface area (Å²) in [4.78, 5) is 14.6. The number of amides is 1. The maximum atomic E-state index is 12.1. The number of nitrogens with one attached hydrogen (secondary N) is 1. The molecule has 1 aliphatic carbocycles. The van der Waals surface area contributed by atoms with Gasteiger partial charge in [0.25, 0.3) is 0 Å². The van der Waals surface area contributed by atoms with Crippen molar-refractivity contribution in [3.8, 4) is 0 Å². The van der Waals surface area contributed by atoms with E-state index in [4.69, 9.17) is 10.5 Å². The number of hydrogen-bond donors (Lipinski definition) is 2. The highest BCUT2D eigenvalue weighted by molar-refractivity contribution is 5.68. The van der Waals surface area contributed by atoms with Gasteiger partial charge in [0, 0.05) is 31.2 Å². The third-order valence-corrected chi connectivity index (χ3v) is 4.36. The fourth-order valence-corrected chi connectivity index (χ4v) is 3.43. The van der Waals surface area contributed by atoms with Gasteiger partial charge in [-0.15, -0.1) is 0 Å². The third-order valence-electron chi connectivity index (χ3n) is 4.36. The summed E-state index contributed by atoms with van der Waals surface area (Å²) in [6, 6.07) is 0.705. The first-order valence-electron chi connectivity index (χ1n) is 9.09. The molecule has 1 aliphatic rings. The molecule has 136 valence electrons. The first-order chi connectivity index (χ1) is 10.6. The number of nitrogens with two attached hydrogens (primary N) is 1. The molecule has 0 bridgehead atoms. The van der Waals surface area contributed by atoms with Gasteiger partial charge < -0.3 is 15.8 Å². The number of carbonyl (C=O) groups excluding carboxylic acids is 1. The molecule has 0 aliphatic heterocycles. The van der Waals surface area contributed by atoms with Gasteiger partial charge in [0.1, 0.15) is 5.60 Å². The summed E-state index contributed by atoms with van der Waals surface area (Å²) in [6.45, 7) is 13.7. The Bertz CT molecular complexity index is 360. The standard InChI is InChI=1S/C18H37N3O2/c1-13(2)12-21(15-9-7-8-10-15)16(11-19)14(3)20-17(22)23-18(4,5)6/h13-16H,7-12,19H2,1-6H3,(H,20,22). The normalized spacial score (nSPS) is 19.2. The van der Waals surface area contributed by atoms with Crippen molar-refractivity contribution in [2.45, 2.75) is 91.0 Å². The molecule has 0 heterocycles. The van der Waals surface area contributed by atoms with Gasteiger partial charge in [-0.1, -0.05) is 26.7 Å². The molecule has 1 saturated carbocycles. The van der Waals surface area contributed by atoms with Gasteiger partial charge in [-0.3, -0.25) is 4.90 Å². The van der Waals surface area contributed by atoms with Crippen LogP contribution < -0.4 is 11.1 Å². The molecule has 0 aromatic heterocycles. The summed E-state index contributed by atoms with van der Waals surface area (Å²) in [5, 5.41) is 2.98. The summed E-state index contributed by atoms with van der Waals surface area (Å²) in [5.41, 5.74) is 5.61. The molecule has 0 radical (unpaired) electrons. The maximum absolute atomic E-state index is 12.1. The fraction of sp³-hybridized carbons (Fsp3) is 0.944. The van der Waals surface area contributed by atoms with E-state index in [-0.39, 0.29) is 18.2 Å². The van der Waals surface area contributed by atoms with E-state index in [9.17, 15) is 4.79 Å². The van der Waals surface area contributed by atoms with Crippen molar-refractivity contribution < 1.29 is 9.53 Å². The Morgan fingerprint density at radius 2 is 1.83 bits per heavy atom. The van der Waals surface area contributed by atoms with Crippen LogP contribution in [0.5, 0.6) is 0 Å². The van der Waals surface area contributed by atoms with Crippen molar-refractivity contribution in [3.05, 3.63) is 0 Å². The Hall–Kier alpha value is -0.810. The van der Waals surface area contributed by atoms with E-state index in [1.54, 1.807) is 0 Å². The molecule has 2 atom stereocenters. The van der Waals surface area contributed by atoms with Crippen LogP contribution in [0, 0.1) is 5.92 Å². The molecule has 3 N–H and O–H groups in total. The Balaban J connectivity index is 2.73. The SMILES string of the molecule is CC(C)CN(C1CCCC1)C(CN)C(C)NC(=O)OC(C)(C)C. The molecule has 5 heteroatoms. The highest BCUT2D eigenvalue weighted by atomic mass is 16.6. The first kappa shape index (κ1) is 20.2. The maximum Gasteiger partial charge on any atom is 0.407 e. The lowest BCUT2D eigenvalue weighted by Crippen LogP contribution is -2.57. The second kappa shape index (κ2) is 8.88. The van der Waals surface area contributed by atoms with Crippen LogP contribution in [-0.4, -0.2) is 47.8 Å². The molecule has 23 heavy (non-hydrogen) atoms. The van der Waals surface area contributed by atoms with Crippen molar-refractivity contribution in [1.82, 2.24) is 10.2 Å². The molecule has 1 amide bonds. The van der Waals surface area contributed by atoms with Crippen LogP contribution in [-0.2, 0) is 4.74 Å². The number of nitrogens with zero attached hydrogens (tertiary/aromatic N) is 1. The molecule has 0 aromatic carbocycles. The average molecular weight is 328 g/mol. The molecule has 1 rings (SSSR count). The average Bonchev–Trinajstić information content (AvgIpc) is 2.88. The largest absolute Gasteiger partial charge is 0.444 e. The Morgan fingerprint density at radius 3 is 2.26 bits per heavy atom. The van der Waals surface area contributed by atoms with Gasteiger partial charge in [-0.25, -0.2) is 4.79 Å². The molecule has 0 aromatic rings. The van der Waals surface area contributed by atoms with Gasteiger partial charge in [-0.05, 0) is 46.5 Å². The Kier molecular flexibility index (Phi) is 7.81. The summed E-state index contributed by atoms with van der Waals surface area (Å²) >= 11 is 0. The van der Waals surface area contributed by atoms with Gasteiger partial charge in [0.15, 0.2) is 0 Å². The zero-order valence-electron chi connectivity index (χ0n) is 15.9. The van der Waals surface area contributed by atoms with E-state index in [1.165, 1.54) is 25.7 Å². The van der Waals surface area contributed by atoms with Crippen LogP contribution in [0.3, 0.4) is 0 Å². The van der Waals surface area contributed by atoms with E-state index in [1.807, 2.05) is 27.7 Å². The van der Waals surface area contributed by atoms with Crippen LogP contribution in [0.15, 0.2) is 0 Å². The van der Waals surface area contributed by atoms with Crippen LogP contribution in [0.1, 0.15) is 67.2 Å². The number of hydrogen-bond acceptors (Lipinski definition) is 4. The number of carbonyl (C=O) groups is 1. The van der Waals surface area contributed by atoms with Crippen LogP contribution in [0.4, 0.5) is 4.79 Å². The lowest BCUT2D eigenvalue weighted by atomic mass is 10.0. The second-order valence-corrected chi connectivity index (χ2v) is 8.27. The smallest absolute Gasteiger partial charge is 0.407 e. The van der Waals surface area contributed by atoms with Gasteiger partial charge in [0.05, 0.1) is 0 Å². The highest BCUT2D eigenvalue weighted by Gasteiger charge is 2.32. The topological polar surface area (TPSA) is 67.6 Å². The molecule has 5 nitrogen and oxygen atoms in total. The Morgan fingerprint density at radius 1 is 1.26 bits per heavy atom. The van der Waals surface area contributed by atoms with E-state index in [0.29, 0.717) is 18.5 Å². The van der Waals surface area contributed by atoms with E-state index < -0.39 is 5.60 Å². The predicted molar refractivity (Wildman–Crippen MR) is 95.5 cm³/mol. The lowest BCUT2D eigenvalue weighted by molar-refractivity contribution is 0.0434. The molecule has 0 saturated heterocycles. The van der Waals surface area contributed by atoms with E-state index in [2.05, 4.69) is 24.1 Å². The quantitative estimate of drug-likeness (QED) is 0.754. The lowest BCUT2D eigenvalue weighted by Gasteiger charge is -2.40. The second-order valence-electron chi connectivity index (χ2n) is 8.27. The summed E-state index contributed by atoms with van der Waals surface area (Å²) in [5.74, 6) is 0.582. The molecular weight excluding hydrogens is 290 g/mol. The van der Waals surface area contributed by atoms with Gasteiger partial charge >= 0.3 is 6.09 Å². The zero-order valence-corrected chi connectivity index (χ0v) is 15.9. The van der Waals surface area contributed by atoms with Crippen LogP contribution >= 0.6 is 0 Å². The molecule has 2 unspecified atom stereocenters. The monoisotopic (exact) mass is 327 g/mol. The molecule has 0 spiro atoms. The minimum Gasteiger partial charge on any atom is -0.444 e. The minimum absolute atomic E-state index is 0.0331. The number of ether oxygens (including phenoxy) is 1. The molecule has 1 fully saturated rings. The fourth-order valence-electron chi connectivity index (χ4n) is 3.43.